The molecule has 0 aliphatic carbocycles. The summed E-state index contributed by atoms with van der Waals surface area (Å²) in [6.07, 6.45) is 1.04. The van der Waals surface area contributed by atoms with Crippen LogP contribution in [0.25, 0.3) is 0 Å². The van der Waals surface area contributed by atoms with Gasteiger partial charge in [0.25, 0.3) is 11.8 Å². The molecule has 25 heavy (non-hydrogen) atoms. The molecule has 9 heteroatoms. The van der Waals surface area contributed by atoms with Gasteiger partial charge in [-0.2, -0.15) is 0 Å². The highest BCUT2D eigenvalue weighted by Gasteiger charge is 2.47. The Hall–Kier alpha value is -2.29. The van der Waals surface area contributed by atoms with Crippen molar-refractivity contribution in [1.82, 2.24) is 15.1 Å². The van der Waals surface area contributed by atoms with Gasteiger partial charge in [-0.1, -0.05) is 0 Å². The minimum Gasteiger partial charge on any atom is -0.485 e. The van der Waals surface area contributed by atoms with Crippen LogP contribution in [0.1, 0.15) is 22.5 Å². The monoisotopic (exact) mass is 364 g/mol. The molecule has 0 unspecified atom stereocenters. The molecule has 3 aliphatic rings. The van der Waals surface area contributed by atoms with Crippen molar-refractivity contribution in [2.75, 3.05) is 40.4 Å². The molecule has 134 valence electrons. The summed E-state index contributed by atoms with van der Waals surface area (Å²) in [5, 5.41) is 4.64. The molecule has 8 nitrogen and oxygen atoms in total. The number of aliphatic imine (C=N–C) groups is 1. The third kappa shape index (κ3) is 2.62. The van der Waals surface area contributed by atoms with Crippen LogP contribution in [-0.4, -0.2) is 73.5 Å². The largest absolute Gasteiger partial charge is 0.485 e. The second-order valence-corrected chi connectivity index (χ2v) is 7.44. The van der Waals surface area contributed by atoms with E-state index in [-0.39, 0.29) is 11.8 Å². The second-order valence-electron chi connectivity index (χ2n) is 6.56. The molecule has 1 spiro atoms. The molecule has 0 aromatic carbocycles. The van der Waals surface area contributed by atoms with E-state index in [4.69, 9.17) is 9.47 Å². The summed E-state index contributed by atoms with van der Waals surface area (Å²) >= 11 is 1.34. The highest BCUT2D eigenvalue weighted by Crippen LogP contribution is 2.40. The molecule has 1 aromatic rings. The van der Waals surface area contributed by atoms with E-state index >= 15 is 0 Å². The fraction of sp³-hybridized carbons (Fsp3) is 0.562. The van der Waals surface area contributed by atoms with Crippen LogP contribution in [0.15, 0.2) is 10.4 Å². The van der Waals surface area contributed by atoms with Crippen LogP contribution in [0, 0.1) is 0 Å². The molecule has 0 radical (unpaired) electrons. The van der Waals surface area contributed by atoms with E-state index in [2.05, 4.69) is 10.3 Å². The van der Waals surface area contributed by atoms with Gasteiger partial charge < -0.3 is 19.3 Å². The number of carbonyl (C=O) groups excluding carboxylic acids is 2. The Morgan fingerprint density at radius 2 is 2.04 bits per heavy atom. The van der Waals surface area contributed by atoms with Crippen LogP contribution >= 0.6 is 11.3 Å². The topological polar surface area (TPSA) is 83.5 Å². The van der Waals surface area contributed by atoms with Gasteiger partial charge in [-0.05, 0) is 12.8 Å². The predicted molar refractivity (Wildman–Crippen MR) is 92.4 cm³/mol. The Balaban J connectivity index is 1.48. The van der Waals surface area contributed by atoms with Gasteiger partial charge in [0.05, 0.1) is 0 Å². The zero-order valence-corrected chi connectivity index (χ0v) is 15.0. The maximum Gasteiger partial charge on any atom is 0.267 e. The lowest BCUT2D eigenvalue weighted by atomic mass is 9.88. The first-order valence-corrected chi connectivity index (χ1v) is 9.13. The first-order chi connectivity index (χ1) is 12.0. The third-order valence-electron chi connectivity index (χ3n) is 4.76. The lowest BCUT2D eigenvalue weighted by Crippen LogP contribution is -2.50. The van der Waals surface area contributed by atoms with E-state index < -0.39 is 5.54 Å². The number of nitrogens with zero attached hydrogens (tertiary/aromatic N) is 3. The van der Waals surface area contributed by atoms with Gasteiger partial charge in [-0.25, -0.2) is 4.99 Å². The highest BCUT2D eigenvalue weighted by atomic mass is 32.1. The Morgan fingerprint density at radius 3 is 2.72 bits per heavy atom. The van der Waals surface area contributed by atoms with Crippen molar-refractivity contribution < 1.29 is 19.1 Å². The normalized spacial score (nSPS) is 21.1. The minimum atomic E-state index is -0.745. The maximum atomic E-state index is 12.8. The van der Waals surface area contributed by atoms with Crippen molar-refractivity contribution >= 4 is 29.1 Å². The Bertz CT molecular complexity index is 749. The van der Waals surface area contributed by atoms with Gasteiger partial charge in [0.15, 0.2) is 11.5 Å². The lowest BCUT2D eigenvalue weighted by Gasteiger charge is -2.35. The number of thiophene rings is 1. The predicted octanol–water partition coefficient (Wildman–Crippen LogP) is 0.541. The van der Waals surface area contributed by atoms with Crippen LogP contribution in [0.2, 0.25) is 0 Å². The van der Waals surface area contributed by atoms with Crippen molar-refractivity contribution in [3.05, 3.63) is 10.3 Å². The summed E-state index contributed by atoms with van der Waals surface area (Å²) in [5.41, 5.74) is -0.745. The molecular weight excluding hydrogens is 344 g/mol. The smallest absolute Gasteiger partial charge is 0.267 e. The lowest BCUT2D eigenvalue weighted by molar-refractivity contribution is -0.125. The first-order valence-electron chi connectivity index (χ1n) is 8.25. The molecular formula is C16H20N4O4S. The molecule has 0 atom stereocenters. The van der Waals surface area contributed by atoms with Gasteiger partial charge in [-0.3, -0.25) is 14.9 Å². The summed E-state index contributed by atoms with van der Waals surface area (Å²) in [5.74, 6) is 1.63. The molecule has 1 aromatic heterocycles. The number of guanidine groups is 1. The van der Waals surface area contributed by atoms with E-state index in [0.717, 1.165) is 0 Å². The van der Waals surface area contributed by atoms with Gasteiger partial charge in [0.1, 0.15) is 23.6 Å². The van der Waals surface area contributed by atoms with Crippen LogP contribution in [0.5, 0.6) is 11.5 Å². The highest BCUT2D eigenvalue weighted by molar-refractivity contribution is 7.12. The van der Waals surface area contributed by atoms with Crippen molar-refractivity contribution in [1.29, 1.82) is 0 Å². The number of nitrogens with one attached hydrogen (secondary N) is 1. The van der Waals surface area contributed by atoms with Gasteiger partial charge in [0, 0.05) is 32.6 Å². The molecule has 0 saturated carbocycles. The van der Waals surface area contributed by atoms with Crippen LogP contribution in [0.4, 0.5) is 0 Å². The number of piperidine rings is 1. The van der Waals surface area contributed by atoms with Crippen molar-refractivity contribution in [2.45, 2.75) is 18.4 Å². The Morgan fingerprint density at radius 1 is 1.32 bits per heavy atom. The van der Waals surface area contributed by atoms with E-state index in [0.29, 0.717) is 61.5 Å². The van der Waals surface area contributed by atoms with Crippen LogP contribution in [0.3, 0.4) is 0 Å². The number of carbonyl (C=O) groups is 2. The Kier molecular flexibility index (Phi) is 3.82. The van der Waals surface area contributed by atoms with Gasteiger partial charge in [0.2, 0.25) is 5.96 Å². The quantitative estimate of drug-likeness (QED) is 0.786. The number of rotatable bonds is 1. The molecule has 1 N–H and O–H groups in total. The van der Waals surface area contributed by atoms with Gasteiger partial charge in [-0.15, -0.1) is 11.3 Å². The number of fused-ring (bicyclic) bond motifs is 1. The zero-order valence-electron chi connectivity index (χ0n) is 14.2. The Labute approximate surface area is 149 Å². The van der Waals surface area contributed by atoms with E-state index in [9.17, 15) is 9.59 Å². The third-order valence-corrected chi connectivity index (χ3v) is 5.69. The average molecular weight is 364 g/mol. The fourth-order valence-electron chi connectivity index (χ4n) is 3.28. The van der Waals surface area contributed by atoms with Gasteiger partial charge >= 0.3 is 0 Å². The number of amides is 2. The van der Waals surface area contributed by atoms with Crippen molar-refractivity contribution in [3.63, 3.8) is 0 Å². The number of likely N-dealkylation sites (tertiary alicyclic amines) is 1. The fourth-order valence-corrected chi connectivity index (χ4v) is 4.18. The molecule has 3 aliphatic heterocycles. The molecule has 4 heterocycles. The summed E-state index contributed by atoms with van der Waals surface area (Å²) in [7, 11) is 3.69. The molecule has 4 rings (SSSR count). The summed E-state index contributed by atoms with van der Waals surface area (Å²) in [4.78, 5) is 33.9. The van der Waals surface area contributed by atoms with Crippen LogP contribution in [-0.2, 0) is 4.79 Å². The SMILES string of the molecule is CN(C)C1=NC2(CCN(C(=O)c3scc4c3OCCO4)CC2)C(=O)N1. The summed E-state index contributed by atoms with van der Waals surface area (Å²) < 4.78 is 11.1. The van der Waals surface area contributed by atoms with Crippen LogP contribution < -0.4 is 14.8 Å². The standard InChI is InChI=1S/C16H20N4O4S/c1-19(2)15-17-14(22)16(18-15)3-5-20(6-4-16)13(21)12-11-10(9-25-12)23-7-8-24-11/h9H,3-8H2,1-2H3,(H,17,18,22). The number of hydrogen-bond donors (Lipinski definition) is 1. The average Bonchev–Trinajstić information content (AvgIpc) is 3.17. The number of hydrogen-bond acceptors (Lipinski definition) is 7. The zero-order chi connectivity index (χ0) is 17.6. The molecule has 1 fully saturated rings. The summed E-state index contributed by atoms with van der Waals surface area (Å²) in [6, 6.07) is 0. The van der Waals surface area contributed by atoms with Crippen molar-refractivity contribution in [2.24, 2.45) is 4.99 Å². The van der Waals surface area contributed by atoms with E-state index in [1.807, 2.05) is 19.5 Å². The number of ether oxygens (including phenoxy) is 2. The summed E-state index contributed by atoms with van der Waals surface area (Å²) in [6.45, 7) is 1.94. The molecule has 2 amide bonds. The second kappa shape index (κ2) is 5.91. The van der Waals surface area contributed by atoms with Crippen molar-refractivity contribution in [3.8, 4) is 11.5 Å². The van der Waals surface area contributed by atoms with E-state index in [1.54, 1.807) is 9.80 Å². The molecule has 1 saturated heterocycles. The first kappa shape index (κ1) is 16.2. The minimum absolute atomic E-state index is 0.0678. The maximum absolute atomic E-state index is 12.8. The van der Waals surface area contributed by atoms with E-state index in [1.165, 1.54) is 11.3 Å². The molecule has 0 bridgehead atoms.